The molecule has 2 rings (SSSR count). The molecule has 1 saturated carbocycles. The predicted octanol–water partition coefficient (Wildman–Crippen LogP) is 3.68. The maximum absolute atomic E-state index is 13.1. The Bertz CT molecular complexity index is 386. The second-order valence-electron chi connectivity index (χ2n) is 5.06. The Morgan fingerprint density at radius 2 is 2.19 bits per heavy atom. The third-order valence-corrected chi connectivity index (χ3v) is 3.78. The lowest BCUT2D eigenvalue weighted by atomic mass is 9.91. The first-order valence-corrected chi connectivity index (χ1v) is 6.42. The summed E-state index contributed by atoms with van der Waals surface area (Å²) in [7, 11) is 0. The minimum Gasteiger partial charge on any atom is -0.390 e. The molecular formula is C13H16BrFO. The molecule has 1 nitrogen and oxygen atoms in total. The topological polar surface area (TPSA) is 20.2 Å². The quantitative estimate of drug-likeness (QED) is 0.895. The van der Waals surface area contributed by atoms with Crippen molar-refractivity contribution in [3.8, 4) is 0 Å². The van der Waals surface area contributed by atoms with Crippen molar-refractivity contribution in [1.29, 1.82) is 0 Å². The van der Waals surface area contributed by atoms with E-state index >= 15 is 0 Å². The molecule has 1 aliphatic carbocycles. The average molecular weight is 287 g/mol. The Morgan fingerprint density at radius 1 is 1.50 bits per heavy atom. The van der Waals surface area contributed by atoms with Gasteiger partial charge in [0.15, 0.2) is 0 Å². The summed E-state index contributed by atoms with van der Waals surface area (Å²) in [5.74, 6) is 0.419. The van der Waals surface area contributed by atoms with Gasteiger partial charge in [0.2, 0.25) is 0 Å². The van der Waals surface area contributed by atoms with Crippen molar-refractivity contribution in [2.24, 2.45) is 5.92 Å². The Kier molecular flexibility index (Phi) is 3.36. The lowest BCUT2D eigenvalue weighted by Gasteiger charge is -2.23. The van der Waals surface area contributed by atoms with E-state index < -0.39 is 5.60 Å². The molecule has 0 saturated heterocycles. The number of hydrogen-bond acceptors (Lipinski definition) is 1. The van der Waals surface area contributed by atoms with Crippen LogP contribution in [0.1, 0.15) is 31.7 Å². The van der Waals surface area contributed by atoms with Gasteiger partial charge in [0.1, 0.15) is 5.82 Å². The highest BCUT2D eigenvalue weighted by Crippen LogP contribution is 2.38. The molecule has 1 aromatic rings. The van der Waals surface area contributed by atoms with Crippen LogP contribution in [0, 0.1) is 11.7 Å². The number of benzene rings is 1. The van der Waals surface area contributed by atoms with Gasteiger partial charge >= 0.3 is 0 Å². The molecule has 16 heavy (non-hydrogen) atoms. The van der Waals surface area contributed by atoms with Crippen LogP contribution in [-0.2, 0) is 6.42 Å². The average Bonchev–Trinajstić information content (AvgIpc) is 2.94. The Morgan fingerprint density at radius 3 is 2.81 bits per heavy atom. The molecule has 1 unspecified atom stereocenters. The molecule has 0 heterocycles. The van der Waals surface area contributed by atoms with Gasteiger partial charge in [0.25, 0.3) is 0 Å². The molecule has 3 heteroatoms. The van der Waals surface area contributed by atoms with Crippen LogP contribution in [0.2, 0.25) is 0 Å². The van der Waals surface area contributed by atoms with E-state index in [4.69, 9.17) is 0 Å². The normalized spacial score (nSPS) is 19.5. The van der Waals surface area contributed by atoms with Gasteiger partial charge in [-0.2, -0.15) is 0 Å². The summed E-state index contributed by atoms with van der Waals surface area (Å²) >= 11 is 3.39. The first-order chi connectivity index (χ1) is 7.46. The van der Waals surface area contributed by atoms with Crippen LogP contribution in [0.3, 0.4) is 0 Å². The fourth-order valence-electron chi connectivity index (χ4n) is 2.11. The van der Waals surface area contributed by atoms with Gasteiger partial charge in [0, 0.05) is 10.9 Å². The molecule has 0 aliphatic heterocycles. The fraction of sp³-hybridized carbons (Fsp3) is 0.538. The highest BCUT2D eigenvalue weighted by molar-refractivity contribution is 9.10. The largest absolute Gasteiger partial charge is 0.390 e. The van der Waals surface area contributed by atoms with E-state index in [0.29, 0.717) is 12.3 Å². The van der Waals surface area contributed by atoms with Gasteiger partial charge in [-0.1, -0.05) is 28.8 Å². The van der Waals surface area contributed by atoms with Crippen molar-refractivity contribution in [1.82, 2.24) is 0 Å². The fourth-order valence-corrected chi connectivity index (χ4v) is 2.49. The molecule has 0 spiro atoms. The highest BCUT2D eigenvalue weighted by atomic mass is 79.9. The maximum atomic E-state index is 13.1. The Labute approximate surface area is 104 Å². The van der Waals surface area contributed by atoms with E-state index in [1.165, 1.54) is 25.0 Å². The number of rotatable bonds is 4. The number of aliphatic hydroxyl groups is 1. The zero-order chi connectivity index (χ0) is 11.8. The third kappa shape index (κ3) is 3.29. The van der Waals surface area contributed by atoms with Crippen LogP contribution in [0.25, 0.3) is 0 Å². The van der Waals surface area contributed by atoms with Crippen LogP contribution in [0.5, 0.6) is 0 Å². The standard InChI is InChI=1S/C13H16BrFO/c1-13(16,7-9-2-3-9)8-10-6-11(15)4-5-12(10)14/h4-6,9,16H,2-3,7-8H2,1H3. The molecule has 88 valence electrons. The molecule has 0 amide bonds. The van der Waals surface area contributed by atoms with E-state index in [-0.39, 0.29) is 5.82 Å². The zero-order valence-corrected chi connectivity index (χ0v) is 10.9. The zero-order valence-electron chi connectivity index (χ0n) is 9.34. The Balaban J connectivity index is 2.08. The first kappa shape index (κ1) is 12.1. The molecule has 0 bridgehead atoms. The van der Waals surface area contributed by atoms with Gasteiger partial charge in [-0.15, -0.1) is 0 Å². The summed E-state index contributed by atoms with van der Waals surface area (Å²) in [5, 5.41) is 10.3. The summed E-state index contributed by atoms with van der Waals surface area (Å²) in [5.41, 5.74) is 0.114. The van der Waals surface area contributed by atoms with Crippen molar-refractivity contribution in [2.75, 3.05) is 0 Å². The molecule has 1 atom stereocenters. The minimum absolute atomic E-state index is 0.250. The minimum atomic E-state index is -0.725. The molecule has 1 aliphatic rings. The molecule has 0 aromatic heterocycles. The van der Waals surface area contributed by atoms with Crippen molar-refractivity contribution >= 4 is 15.9 Å². The lowest BCUT2D eigenvalue weighted by Crippen LogP contribution is -2.28. The van der Waals surface area contributed by atoms with Crippen LogP contribution >= 0.6 is 15.9 Å². The van der Waals surface area contributed by atoms with E-state index in [9.17, 15) is 9.50 Å². The van der Waals surface area contributed by atoms with Gasteiger partial charge in [-0.25, -0.2) is 4.39 Å². The van der Waals surface area contributed by atoms with Crippen molar-refractivity contribution in [3.05, 3.63) is 34.1 Å². The van der Waals surface area contributed by atoms with Gasteiger partial charge < -0.3 is 5.11 Å². The summed E-state index contributed by atoms with van der Waals surface area (Å²) in [6.45, 7) is 1.84. The third-order valence-electron chi connectivity index (χ3n) is 3.00. The van der Waals surface area contributed by atoms with Crippen LogP contribution in [-0.4, -0.2) is 10.7 Å². The van der Waals surface area contributed by atoms with Crippen LogP contribution in [0.15, 0.2) is 22.7 Å². The number of halogens is 2. The SMILES string of the molecule is CC(O)(Cc1cc(F)ccc1Br)CC1CC1. The molecule has 1 fully saturated rings. The van der Waals surface area contributed by atoms with Gasteiger partial charge in [-0.3, -0.25) is 0 Å². The van der Waals surface area contributed by atoms with E-state index in [1.807, 2.05) is 6.92 Å². The van der Waals surface area contributed by atoms with E-state index in [1.54, 1.807) is 6.07 Å². The molecule has 1 N–H and O–H groups in total. The van der Waals surface area contributed by atoms with Crippen molar-refractivity contribution in [2.45, 2.75) is 38.2 Å². The smallest absolute Gasteiger partial charge is 0.123 e. The summed E-state index contributed by atoms with van der Waals surface area (Å²) in [6, 6.07) is 4.60. The lowest BCUT2D eigenvalue weighted by molar-refractivity contribution is 0.0453. The second kappa shape index (κ2) is 4.46. The van der Waals surface area contributed by atoms with Crippen LogP contribution in [0.4, 0.5) is 4.39 Å². The van der Waals surface area contributed by atoms with Crippen molar-refractivity contribution in [3.63, 3.8) is 0 Å². The monoisotopic (exact) mass is 286 g/mol. The van der Waals surface area contributed by atoms with Crippen LogP contribution < -0.4 is 0 Å². The molecule has 1 aromatic carbocycles. The van der Waals surface area contributed by atoms with E-state index in [2.05, 4.69) is 15.9 Å². The molecular weight excluding hydrogens is 271 g/mol. The predicted molar refractivity (Wildman–Crippen MR) is 65.8 cm³/mol. The first-order valence-electron chi connectivity index (χ1n) is 5.63. The Hall–Kier alpha value is -0.410. The molecule has 0 radical (unpaired) electrons. The summed E-state index contributed by atoms with van der Waals surface area (Å²) in [4.78, 5) is 0. The van der Waals surface area contributed by atoms with Gasteiger partial charge in [-0.05, 0) is 43.0 Å². The number of hydrogen-bond donors (Lipinski definition) is 1. The summed E-state index contributed by atoms with van der Waals surface area (Å²) in [6.07, 6.45) is 3.76. The van der Waals surface area contributed by atoms with E-state index in [0.717, 1.165) is 16.5 Å². The summed E-state index contributed by atoms with van der Waals surface area (Å²) < 4.78 is 14.0. The van der Waals surface area contributed by atoms with Gasteiger partial charge in [0.05, 0.1) is 5.60 Å². The maximum Gasteiger partial charge on any atom is 0.123 e. The second-order valence-corrected chi connectivity index (χ2v) is 5.91. The highest BCUT2D eigenvalue weighted by Gasteiger charge is 2.32. The van der Waals surface area contributed by atoms with Crippen molar-refractivity contribution < 1.29 is 9.50 Å².